The fourth-order valence-electron chi connectivity index (χ4n) is 2.92. The Labute approximate surface area is 167 Å². The number of ether oxygens (including phenoxy) is 1. The van der Waals surface area contributed by atoms with Gasteiger partial charge in [-0.05, 0) is 0 Å². The van der Waals surface area contributed by atoms with Gasteiger partial charge in [-0.25, -0.2) is 0 Å². The van der Waals surface area contributed by atoms with Gasteiger partial charge in [-0.1, -0.05) is 0 Å². The van der Waals surface area contributed by atoms with Crippen LogP contribution in [0.25, 0.3) is 0 Å². The summed E-state index contributed by atoms with van der Waals surface area (Å²) >= 11 is 0.167. The summed E-state index contributed by atoms with van der Waals surface area (Å²) in [6.45, 7) is 6.93. The predicted octanol–water partition coefficient (Wildman–Crippen LogP) is 3.70. The van der Waals surface area contributed by atoms with Gasteiger partial charge in [-0.2, -0.15) is 0 Å². The summed E-state index contributed by atoms with van der Waals surface area (Å²) in [7, 11) is 0. The second kappa shape index (κ2) is 8.73. The molecule has 3 rings (SSSR count). The van der Waals surface area contributed by atoms with Gasteiger partial charge in [0.2, 0.25) is 0 Å². The molecule has 1 heterocycles. The molecule has 1 amide bonds. The standard InChI is InChI=1S/C22H26N2O2Se/c1-22(2,3)26-21(25)24-15-14-23-20(24)19(16-17-10-6-4-7-11-17)27-18-12-8-5-9-13-18/h4-13,19H,14-16H2,1-3H3. The van der Waals surface area contributed by atoms with E-state index in [0.29, 0.717) is 13.1 Å². The molecule has 2 aromatic carbocycles. The molecule has 4 nitrogen and oxygen atoms in total. The number of hydrogen-bond acceptors (Lipinski definition) is 3. The fraction of sp³-hybridized carbons (Fsp3) is 0.364. The van der Waals surface area contributed by atoms with E-state index in [1.807, 2.05) is 32.9 Å². The van der Waals surface area contributed by atoms with Crippen molar-refractivity contribution >= 4 is 31.3 Å². The van der Waals surface area contributed by atoms with Crippen LogP contribution in [0.5, 0.6) is 0 Å². The molecule has 0 bridgehead atoms. The molecule has 1 unspecified atom stereocenters. The average Bonchev–Trinajstić information content (AvgIpc) is 3.11. The molecule has 142 valence electrons. The number of carbonyl (C=O) groups is 1. The number of amides is 1. The van der Waals surface area contributed by atoms with Gasteiger partial charge >= 0.3 is 168 Å². The molecule has 27 heavy (non-hydrogen) atoms. The third-order valence-electron chi connectivity index (χ3n) is 4.06. The zero-order valence-electron chi connectivity index (χ0n) is 16.1. The van der Waals surface area contributed by atoms with E-state index in [2.05, 4.69) is 48.5 Å². The Morgan fingerprint density at radius 2 is 1.74 bits per heavy atom. The Bertz CT molecular complexity index is 743. The van der Waals surface area contributed by atoms with E-state index in [-0.39, 0.29) is 25.9 Å². The van der Waals surface area contributed by atoms with Gasteiger partial charge in [0.05, 0.1) is 0 Å². The summed E-state index contributed by atoms with van der Waals surface area (Å²) in [5, 5.41) is 0. The summed E-state index contributed by atoms with van der Waals surface area (Å²) in [5.41, 5.74) is 0.753. The predicted molar refractivity (Wildman–Crippen MR) is 111 cm³/mol. The molecule has 0 fully saturated rings. The molecule has 2 aromatic rings. The minimum absolute atomic E-state index is 0.167. The van der Waals surface area contributed by atoms with Crippen LogP contribution in [-0.2, 0) is 11.2 Å². The molecule has 1 atom stereocenters. The van der Waals surface area contributed by atoms with Crippen LogP contribution in [0.3, 0.4) is 0 Å². The van der Waals surface area contributed by atoms with Crippen molar-refractivity contribution in [1.29, 1.82) is 0 Å². The van der Waals surface area contributed by atoms with Crippen molar-refractivity contribution in [3.8, 4) is 0 Å². The van der Waals surface area contributed by atoms with Crippen LogP contribution in [0.1, 0.15) is 26.3 Å². The summed E-state index contributed by atoms with van der Waals surface area (Å²) < 4.78 is 6.93. The second-order valence-corrected chi connectivity index (χ2v) is 10.2. The molecule has 0 spiro atoms. The van der Waals surface area contributed by atoms with Crippen molar-refractivity contribution in [3.05, 3.63) is 66.2 Å². The second-order valence-electron chi connectivity index (χ2n) is 7.48. The van der Waals surface area contributed by atoms with Crippen LogP contribution in [0.2, 0.25) is 4.82 Å². The van der Waals surface area contributed by atoms with E-state index >= 15 is 0 Å². The number of carbonyl (C=O) groups excluding carboxylic acids is 1. The number of aliphatic imine (C=N–C) groups is 1. The van der Waals surface area contributed by atoms with E-state index in [4.69, 9.17) is 9.73 Å². The van der Waals surface area contributed by atoms with E-state index in [1.54, 1.807) is 4.90 Å². The molecule has 0 saturated carbocycles. The first-order valence-corrected chi connectivity index (χ1v) is 11.1. The summed E-state index contributed by atoms with van der Waals surface area (Å²) in [6.07, 6.45) is 0.578. The molecular weight excluding hydrogens is 403 g/mol. The minimum atomic E-state index is -0.510. The van der Waals surface area contributed by atoms with E-state index in [1.165, 1.54) is 10.0 Å². The number of nitrogens with zero attached hydrogens (tertiary/aromatic N) is 2. The van der Waals surface area contributed by atoms with E-state index in [0.717, 1.165) is 12.3 Å². The molecule has 1 aliphatic heterocycles. The van der Waals surface area contributed by atoms with Crippen LogP contribution in [0.4, 0.5) is 4.79 Å². The van der Waals surface area contributed by atoms with Gasteiger partial charge in [0, 0.05) is 0 Å². The SMILES string of the molecule is CC(C)(C)OC(=O)N1CCN=C1C(Cc1ccccc1)[Se]c1ccccc1. The van der Waals surface area contributed by atoms with Crippen molar-refractivity contribution in [2.75, 3.05) is 13.1 Å². The van der Waals surface area contributed by atoms with Gasteiger partial charge in [0.25, 0.3) is 0 Å². The third-order valence-corrected chi connectivity index (χ3v) is 6.59. The van der Waals surface area contributed by atoms with Crippen molar-refractivity contribution in [2.24, 2.45) is 4.99 Å². The molecule has 0 N–H and O–H groups in total. The van der Waals surface area contributed by atoms with Crippen LogP contribution in [0.15, 0.2) is 65.7 Å². The third kappa shape index (κ3) is 5.69. The molecular formula is C22H26N2O2Se. The van der Waals surface area contributed by atoms with E-state index < -0.39 is 5.60 Å². The number of hydrogen-bond donors (Lipinski definition) is 0. The zero-order chi connectivity index (χ0) is 19.3. The Morgan fingerprint density at radius 1 is 1.11 bits per heavy atom. The summed E-state index contributed by atoms with van der Waals surface area (Å²) in [4.78, 5) is 19.4. The number of benzene rings is 2. The average molecular weight is 429 g/mol. The Balaban J connectivity index is 1.83. The molecule has 1 aliphatic rings. The van der Waals surface area contributed by atoms with Crippen molar-refractivity contribution in [3.63, 3.8) is 0 Å². The van der Waals surface area contributed by atoms with Gasteiger partial charge in [0.1, 0.15) is 0 Å². The van der Waals surface area contributed by atoms with Gasteiger partial charge < -0.3 is 0 Å². The molecule has 0 radical (unpaired) electrons. The van der Waals surface area contributed by atoms with Crippen LogP contribution in [0, 0.1) is 0 Å². The Hall–Kier alpha value is -2.10. The first-order valence-electron chi connectivity index (χ1n) is 9.23. The normalized spacial score (nSPS) is 15.4. The summed E-state index contributed by atoms with van der Waals surface area (Å²) in [6, 6.07) is 20.9. The van der Waals surface area contributed by atoms with Crippen LogP contribution < -0.4 is 4.46 Å². The fourth-order valence-corrected chi connectivity index (χ4v) is 5.49. The Morgan fingerprint density at radius 3 is 2.37 bits per heavy atom. The number of amidine groups is 1. The van der Waals surface area contributed by atoms with Crippen LogP contribution >= 0.6 is 0 Å². The first kappa shape index (κ1) is 19.7. The Kier molecular flexibility index (Phi) is 6.35. The maximum absolute atomic E-state index is 12.7. The van der Waals surface area contributed by atoms with Gasteiger partial charge in [-0.15, -0.1) is 0 Å². The molecule has 0 aromatic heterocycles. The summed E-state index contributed by atoms with van der Waals surface area (Å²) in [5.74, 6) is 0.872. The van der Waals surface area contributed by atoms with Gasteiger partial charge in [0.15, 0.2) is 0 Å². The molecule has 5 heteroatoms. The first-order chi connectivity index (χ1) is 12.9. The van der Waals surface area contributed by atoms with Crippen molar-refractivity contribution in [2.45, 2.75) is 37.6 Å². The van der Waals surface area contributed by atoms with Crippen LogP contribution in [-0.4, -0.2) is 50.5 Å². The maximum atomic E-state index is 12.7. The zero-order valence-corrected chi connectivity index (χ0v) is 17.8. The van der Waals surface area contributed by atoms with Gasteiger partial charge in [-0.3, -0.25) is 0 Å². The molecule has 0 saturated heterocycles. The molecule has 0 aliphatic carbocycles. The van der Waals surface area contributed by atoms with E-state index in [9.17, 15) is 4.79 Å². The number of rotatable bonds is 5. The monoisotopic (exact) mass is 430 g/mol. The van der Waals surface area contributed by atoms with Crippen molar-refractivity contribution < 1.29 is 9.53 Å². The van der Waals surface area contributed by atoms with Crippen molar-refractivity contribution in [1.82, 2.24) is 4.90 Å². The topological polar surface area (TPSA) is 41.9 Å². The quantitative estimate of drug-likeness (QED) is 0.681.